The van der Waals surface area contributed by atoms with Crippen LogP contribution in [-0.4, -0.2) is 55.5 Å². The summed E-state index contributed by atoms with van der Waals surface area (Å²) < 4.78 is 0. The Kier molecular flexibility index (Phi) is 4.74. The average molecular weight is 267 g/mol. The number of hydrogen-bond acceptors (Lipinski definition) is 4. The van der Waals surface area contributed by atoms with Crippen molar-refractivity contribution in [3.63, 3.8) is 0 Å². The smallest absolute Gasteiger partial charge is 0.236 e. The summed E-state index contributed by atoms with van der Waals surface area (Å²) in [6.45, 7) is 7.01. The molecule has 0 aliphatic carbocycles. The normalized spacial score (nSPS) is 17.1. The molecule has 0 aromatic carbocycles. The van der Waals surface area contributed by atoms with Crippen molar-refractivity contribution in [3.8, 4) is 0 Å². The molecule has 5 heteroatoms. The second-order valence-corrected chi connectivity index (χ2v) is 6.17. The molecule has 1 aromatic rings. The Morgan fingerprint density at radius 3 is 2.67 bits per heavy atom. The number of thiophene rings is 1. The number of likely N-dealkylation sites (N-methyl/N-ethyl adjacent to an activating group) is 1. The maximum absolute atomic E-state index is 11.9. The molecule has 1 amide bonds. The topological polar surface area (TPSA) is 35.6 Å². The lowest BCUT2D eigenvalue weighted by molar-refractivity contribution is -0.131. The van der Waals surface area contributed by atoms with E-state index in [9.17, 15) is 4.79 Å². The summed E-state index contributed by atoms with van der Waals surface area (Å²) in [6, 6.07) is 4.23. The highest BCUT2D eigenvalue weighted by atomic mass is 32.1. The number of nitrogens with zero attached hydrogens (tertiary/aromatic N) is 2. The molecule has 1 aromatic heterocycles. The van der Waals surface area contributed by atoms with E-state index in [0.29, 0.717) is 6.54 Å². The first-order chi connectivity index (χ1) is 8.65. The molecule has 2 heterocycles. The first-order valence-electron chi connectivity index (χ1n) is 6.37. The van der Waals surface area contributed by atoms with Crippen molar-refractivity contribution in [2.45, 2.75) is 13.5 Å². The summed E-state index contributed by atoms with van der Waals surface area (Å²) in [5, 5.41) is 3.23. The van der Waals surface area contributed by atoms with Gasteiger partial charge >= 0.3 is 0 Å². The zero-order valence-corrected chi connectivity index (χ0v) is 11.9. The van der Waals surface area contributed by atoms with E-state index in [4.69, 9.17) is 0 Å². The first kappa shape index (κ1) is 13.5. The number of hydrogen-bond donors (Lipinski definition) is 1. The maximum Gasteiger partial charge on any atom is 0.236 e. The molecular formula is C13H21N3OS. The van der Waals surface area contributed by atoms with Crippen LogP contribution >= 0.6 is 11.3 Å². The molecule has 1 fully saturated rings. The summed E-state index contributed by atoms with van der Waals surface area (Å²) in [4.78, 5) is 18.8. The maximum atomic E-state index is 11.9. The molecule has 0 saturated carbocycles. The Morgan fingerprint density at radius 2 is 2.06 bits per heavy atom. The molecular weight excluding hydrogens is 246 g/mol. The van der Waals surface area contributed by atoms with Gasteiger partial charge in [0.1, 0.15) is 0 Å². The van der Waals surface area contributed by atoms with Gasteiger partial charge in [-0.2, -0.15) is 0 Å². The van der Waals surface area contributed by atoms with Crippen LogP contribution in [-0.2, 0) is 11.3 Å². The van der Waals surface area contributed by atoms with Gasteiger partial charge < -0.3 is 15.1 Å². The van der Waals surface area contributed by atoms with Crippen molar-refractivity contribution >= 4 is 17.2 Å². The zero-order valence-electron chi connectivity index (χ0n) is 11.1. The molecule has 1 aliphatic rings. The molecule has 1 aliphatic heterocycles. The van der Waals surface area contributed by atoms with Crippen LogP contribution in [0.4, 0.5) is 0 Å². The fourth-order valence-corrected chi connectivity index (χ4v) is 2.90. The molecule has 0 spiro atoms. The van der Waals surface area contributed by atoms with Crippen molar-refractivity contribution in [2.75, 3.05) is 39.8 Å². The fourth-order valence-electron chi connectivity index (χ4n) is 2.04. The number of aryl methyl sites for hydroxylation is 1. The monoisotopic (exact) mass is 267 g/mol. The Labute approximate surface area is 113 Å². The number of carbonyl (C=O) groups is 1. The highest BCUT2D eigenvalue weighted by Crippen LogP contribution is 2.14. The Hall–Kier alpha value is -0.910. The molecule has 4 nitrogen and oxygen atoms in total. The summed E-state index contributed by atoms with van der Waals surface area (Å²) in [7, 11) is 2.10. The largest absolute Gasteiger partial charge is 0.339 e. The van der Waals surface area contributed by atoms with Gasteiger partial charge in [-0.15, -0.1) is 11.3 Å². The number of nitrogens with one attached hydrogen (secondary N) is 1. The zero-order chi connectivity index (χ0) is 13.0. The van der Waals surface area contributed by atoms with Gasteiger partial charge in [-0.05, 0) is 26.1 Å². The quantitative estimate of drug-likeness (QED) is 0.881. The molecule has 0 radical (unpaired) electrons. The van der Waals surface area contributed by atoms with Gasteiger partial charge in [0.2, 0.25) is 5.91 Å². The van der Waals surface area contributed by atoms with Crippen LogP contribution in [0, 0.1) is 6.92 Å². The van der Waals surface area contributed by atoms with Gasteiger partial charge in [0.05, 0.1) is 6.54 Å². The van der Waals surface area contributed by atoms with E-state index in [1.807, 2.05) is 4.90 Å². The van der Waals surface area contributed by atoms with Gasteiger partial charge in [0.25, 0.3) is 0 Å². The highest BCUT2D eigenvalue weighted by Gasteiger charge is 2.18. The van der Waals surface area contributed by atoms with E-state index in [1.54, 1.807) is 11.3 Å². The number of piperazine rings is 1. The van der Waals surface area contributed by atoms with Crippen molar-refractivity contribution in [2.24, 2.45) is 0 Å². The molecule has 0 bridgehead atoms. The van der Waals surface area contributed by atoms with E-state index in [-0.39, 0.29) is 5.91 Å². The van der Waals surface area contributed by atoms with Crippen LogP contribution in [0.25, 0.3) is 0 Å². The van der Waals surface area contributed by atoms with Crippen molar-refractivity contribution < 1.29 is 4.79 Å². The Balaban J connectivity index is 1.68. The van der Waals surface area contributed by atoms with E-state index < -0.39 is 0 Å². The van der Waals surface area contributed by atoms with Gasteiger partial charge in [0.15, 0.2) is 0 Å². The third-order valence-electron chi connectivity index (χ3n) is 3.23. The van der Waals surface area contributed by atoms with E-state index in [1.165, 1.54) is 9.75 Å². The third kappa shape index (κ3) is 3.80. The predicted molar refractivity (Wildman–Crippen MR) is 74.8 cm³/mol. The Morgan fingerprint density at radius 1 is 1.33 bits per heavy atom. The summed E-state index contributed by atoms with van der Waals surface area (Å²) >= 11 is 1.78. The molecule has 100 valence electrons. The van der Waals surface area contributed by atoms with E-state index >= 15 is 0 Å². The van der Waals surface area contributed by atoms with Gasteiger partial charge in [0, 0.05) is 42.5 Å². The summed E-state index contributed by atoms with van der Waals surface area (Å²) in [5.41, 5.74) is 0. The predicted octanol–water partition coefficient (Wildman–Crippen LogP) is 0.920. The first-order valence-corrected chi connectivity index (χ1v) is 7.19. The molecule has 0 atom stereocenters. The fraction of sp³-hybridized carbons (Fsp3) is 0.615. The third-order valence-corrected chi connectivity index (χ3v) is 4.23. The standard InChI is InChI=1S/C13H21N3OS/c1-11-3-4-12(18-11)9-14-10-13(17)16-7-5-15(2)6-8-16/h3-4,14H,5-10H2,1-2H3. The van der Waals surface area contributed by atoms with Crippen LogP contribution in [0.15, 0.2) is 12.1 Å². The van der Waals surface area contributed by atoms with Crippen LogP contribution in [0.5, 0.6) is 0 Å². The highest BCUT2D eigenvalue weighted by molar-refractivity contribution is 7.11. The lowest BCUT2D eigenvalue weighted by atomic mass is 10.3. The van der Waals surface area contributed by atoms with Crippen molar-refractivity contribution in [1.29, 1.82) is 0 Å². The summed E-state index contributed by atoms with van der Waals surface area (Å²) in [5.74, 6) is 0.219. The summed E-state index contributed by atoms with van der Waals surface area (Å²) in [6.07, 6.45) is 0. The van der Waals surface area contributed by atoms with Crippen molar-refractivity contribution in [1.82, 2.24) is 15.1 Å². The number of amides is 1. The van der Waals surface area contributed by atoms with Crippen LogP contribution in [0.3, 0.4) is 0 Å². The van der Waals surface area contributed by atoms with Crippen LogP contribution in [0.1, 0.15) is 9.75 Å². The minimum Gasteiger partial charge on any atom is -0.339 e. The lowest BCUT2D eigenvalue weighted by Gasteiger charge is -2.32. The van der Waals surface area contributed by atoms with Crippen molar-refractivity contribution in [3.05, 3.63) is 21.9 Å². The minimum absolute atomic E-state index is 0.219. The molecule has 18 heavy (non-hydrogen) atoms. The second-order valence-electron chi connectivity index (χ2n) is 4.80. The Bertz CT molecular complexity index is 397. The number of rotatable bonds is 4. The van der Waals surface area contributed by atoms with Gasteiger partial charge in [-0.3, -0.25) is 4.79 Å². The molecule has 1 N–H and O–H groups in total. The average Bonchev–Trinajstić information content (AvgIpc) is 2.76. The van der Waals surface area contributed by atoms with E-state index in [0.717, 1.165) is 32.7 Å². The lowest BCUT2D eigenvalue weighted by Crippen LogP contribution is -2.49. The molecule has 1 saturated heterocycles. The number of carbonyl (C=O) groups excluding carboxylic acids is 1. The van der Waals surface area contributed by atoms with Crippen LogP contribution < -0.4 is 5.32 Å². The minimum atomic E-state index is 0.219. The van der Waals surface area contributed by atoms with E-state index in [2.05, 4.69) is 36.3 Å². The molecule has 0 unspecified atom stereocenters. The van der Waals surface area contributed by atoms with Gasteiger partial charge in [-0.1, -0.05) is 0 Å². The second kappa shape index (κ2) is 6.31. The van der Waals surface area contributed by atoms with Crippen LogP contribution in [0.2, 0.25) is 0 Å². The van der Waals surface area contributed by atoms with Gasteiger partial charge in [-0.25, -0.2) is 0 Å². The molecule has 2 rings (SSSR count). The SMILES string of the molecule is Cc1ccc(CNCC(=O)N2CCN(C)CC2)s1.